The maximum absolute atomic E-state index is 12.8. The minimum Gasteiger partial charge on any atom is -0.481 e. The molecule has 0 bridgehead atoms. The standard InChI is InChI=1S/C21H26ClF3O4/c22-18-11-19(26)17(16(18)8-3-1-2-4-9-20(27)28)13-29-12-14-6-5-7-15(10-14)21(23,24)25/h1,3,5-7,10,16-19,26H,2,4,8-9,11-13H2,(H,27,28)/t16-,17-,18-,19-/m1/s1. The van der Waals surface area contributed by atoms with Crippen LogP contribution >= 0.6 is 11.6 Å². The average Bonchev–Trinajstić information content (AvgIpc) is 2.90. The summed E-state index contributed by atoms with van der Waals surface area (Å²) in [7, 11) is 0. The molecule has 4 atom stereocenters. The van der Waals surface area contributed by atoms with E-state index in [9.17, 15) is 23.1 Å². The van der Waals surface area contributed by atoms with E-state index in [0.29, 0.717) is 31.2 Å². The summed E-state index contributed by atoms with van der Waals surface area (Å²) >= 11 is 6.36. The van der Waals surface area contributed by atoms with Crippen molar-refractivity contribution in [3.8, 4) is 0 Å². The van der Waals surface area contributed by atoms with E-state index >= 15 is 0 Å². The number of aliphatic hydroxyl groups excluding tert-OH is 1. The summed E-state index contributed by atoms with van der Waals surface area (Å²) in [6, 6.07) is 4.99. The van der Waals surface area contributed by atoms with Crippen molar-refractivity contribution < 1.29 is 32.9 Å². The van der Waals surface area contributed by atoms with Crippen LogP contribution in [-0.4, -0.2) is 34.3 Å². The Balaban J connectivity index is 1.84. The molecule has 0 amide bonds. The van der Waals surface area contributed by atoms with Crippen molar-refractivity contribution in [1.82, 2.24) is 0 Å². The monoisotopic (exact) mass is 434 g/mol. The zero-order chi connectivity index (χ0) is 21.4. The smallest absolute Gasteiger partial charge is 0.416 e. The van der Waals surface area contributed by atoms with E-state index in [1.54, 1.807) is 6.07 Å². The van der Waals surface area contributed by atoms with Crippen molar-refractivity contribution in [2.24, 2.45) is 11.8 Å². The second-order valence-corrected chi connectivity index (χ2v) is 7.91. The van der Waals surface area contributed by atoms with Crippen LogP contribution in [0.4, 0.5) is 13.2 Å². The van der Waals surface area contributed by atoms with Gasteiger partial charge in [0, 0.05) is 17.7 Å². The van der Waals surface area contributed by atoms with E-state index in [1.165, 1.54) is 6.07 Å². The molecule has 2 rings (SSSR count). The molecule has 0 aliphatic heterocycles. The van der Waals surface area contributed by atoms with Crippen LogP contribution in [-0.2, 0) is 22.3 Å². The Morgan fingerprint density at radius 2 is 2.03 bits per heavy atom. The number of unbranched alkanes of at least 4 members (excludes halogenated alkanes) is 1. The van der Waals surface area contributed by atoms with Gasteiger partial charge in [0.25, 0.3) is 0 Å². The number of hydrogen-bond donors (Lipinski definition) is 2. The highest BCUT2D eigenvalue weighted by molar-refractivity contribution is 6.21. The zero-order valence-corrected chi connectivity index (χ0v) is 16.7. The minimum atomic E-state index is -4.40. The lowest BCUT2D eigenvalue weighted by Crippen LogP contribution is -2.25. The molecule has 0 saturated heterocycles. The van der Waals surface area contributed by atoms with Crippen molar-refractivity contribution in [2.75, 3.05) is 6.61 Å². The molecule has 0 aromatic heterocycles. The lowest BCUT2D eigenvalue weighted by molar-refractivity contribution is -0.138. The summed E-state index contributed by atoms with van der Waals surface area (Å²) in [6.45, 7) is 0.232. The number of halogens is 4. The lowest BCUT2D eigenvalue weighted by atomic mass is 9.92. The van der Waals surface area contributed by atoms with Crippen LogP contribution in [0.15, 0.2) is 36.4 Å². The van der Waals surface area contributed by atoms with Gasteiger partial charge in [-0.2, -0.15) is 13.2 Å². The van der Waals surface area contributed by atoms with Gasteiger partial charge in [0.15, 0.2) is 0 Å². The molecule has 1 aliphatic rings. The van der Waals surface area contributed by atoms with Crippen LogP contribution in [0.1, 0.15) is 43.2 Å². The molecule has 1 fully saturated rings. The Kier molecular flexibility index (Phi) is 8.99. The number of ether oxygens (including phenoxy) is 1. The van der Waals surface area contributed by atoms with Gasteiger partial charge in [-0.25, -0.2) is 0 Å². The molecule has 0 spiro atoms. The molecule has 0 heterocycles. The van der Waals surface area contributed by atoms with Gasteiger partial charge in [0.1, 0.15) is 0 Å². The van der Waals surface area contributed by atoms with Gasteiger partial charge in [-0.05, 0) is 49.3 Å². The van der Waals surface area contributed by atoms with Crippen LogP contribution in [0.25, 0.3) is 0 Å². The van der Waals surface area contributed by atoms with Crippen molar-refractivity contribution in [3.63, 3.8) is 0 Å². The molecule has 2 N–H and O–H groups in total. The normalized spacial score (nSPS) is 25.0. The Labute approximate surface area is 173 Å². The third kappa shape index (κ3) is 7.64. The first-order chi connectivity index (χ1) is 13.7. The number of aliphatic carboxylic acids is 1. The summed E-state index contributed by atoms with van der Waals surface area (Å²) in [5, 5.41) is 18.7. The first kappa shape index (κ1) is 23.7. The Hall–Kier alpha value is -1.57. The van der Waals surface area contributed by atoms with E-state index in [0.717, 1.165) is 12.1 Å². The fourth-order valence-corrected chi connectivity index (χ4v) is 4.06. The van der Waals surface area contributed by atoms with Gasteiger partial charge < -0.3 is 14.9 Å². The van der Waals surface area contributed by atoms with E-state index in [4.69, 9.17) is 21.4 Å². The third-order valence-electron chi connectivity index (χ3n) is 5.15. The number of benzene rings is 1. The number of carbonyl (C=O) groups is 1. The molecule has 1 aromatic carbocycles. The van der Waals surface area contributed by atoms with Crippen molar-refractivity contribution in [1.29, 1.82) is 0 Å². The quantitative estimate of drug-likeness (QED) is 0.308. The van der Waals surface area contributed by atoms with E-state index in [-0.39, 0.29) is 36.8 Å². The van der Waals surface area contributed by atoms with Gasteiger partial charge in [-0.1, -0.05) is 24.3 Å². The minimum absolute atomic E-state index is 0.0103. The Bertz CT molecular complexity index is 693. The van der Waals surface area contributed by atoms with E-state index in [1.807, 2.05) is 12.2 Å². The van der Waals surface area contributed by atoms with Gasteiger partial charge in [-0.15, -0.1) is 11.6 Å². The maximum atomic E-state index is 12.8. The highest BCUT2D eigenvalue weighted by Crippen LogP contribution is 2.39. The summed E-state index contributed by atoms with van der Waals surface area (Å²) in [5.41, 5.74) is -0.296. The summed E-state index contributed by atoms with van der Waals surface area (Å²) in [4.78, 5) is 10.5. The molecule has 1 aliphatic carbocycles. The molecule has 162 valence electrons. The predicted octanol–water partition coefficient (Wildman–Crippen LogP) is 5.03. The second kappa shape index (κ2) is 11.0. The van der Waals surface area contributed by atoms with Crippen LogP contribution in [0.3, 0.4) is 0 Å². The van der Waals surface area contributed by atoms with Crippen molar-refractivity contribution in [3.05, 3.63) is 47.5 Å². The highest BCUT2D eigenvalue weighted by Gasteiger charge is 2.40. The number of hydrogen-bond acceptors (Lipinski definition) is 3. The number of rotatable bonds is 10. The lowest BCUT2D eigenvalue weighted by Gasteiger charge is -2.22. The predicted molar refractivity (Wildman–Crippen MR) is 104 cm³/mol. The maximum Gasteiger partial charge on any atom is 0.416 e. The number of carboxylic acid groups (broad SMARTS) is 1. The van der Waals surface area contributed by atoms with Gasteiger partial charge in [-0.3, -0.25) is 4.79 Å². The largest absolute Gasteiger partial charge is 0.481 e. The van der Waals surface area contributed by atoms with Crippen LogP contribution in [0.2, 0.25) is 0 Å². The fraction of sp³-hybridized carbons (Fsp3) is 0.571. The average molecular weight is 435 g/mol. The van der Waals surface area contributed by atoms with Crippen LogP contribution < -0.4 is 0 Å². The van der Waals surface area contributed by atoms with E-state index < -0.39 is 23.8 Å². The molecule has 8 heteroatoms. The van der Waals surface area contributed by atoms with Crippen molar-refractivity contribution >= 4 is 17.6 Å². The first-order valence-electron chi connectivity index (χ1n) is 9.61. The molecule has 1 saturated carbocycles. The summed E-state index contributed by atoms with van der Waals surface area (Å²) < 4.78 is 44.0. The van der Waals surface area contributed by atoms with Gasteiger partial charge in [0.05, 0.1) is 24.9 Å². The second-order valence-electron chi connectivity index (χ2n) is 7.35. The van der Waals surface area contributed by atoms with Crippen LogP contribution in [0.5, 0.6) is 0 Å². The van der Waals surface area contributed by atoms with Crippen molar-refractivity contribution in [2.45, 2.75) is 56.4 Å². The topological polar surface area (TPSA) is 66.8 Å². The first-order valence-corrected chi connectivity index (χ1v) is 10.0. The SMILES string of the molecule is O=C(O)CCCC=CC[C@@H]1[C@@H](COCc2cccc(C(F)(F)F)c2)[C@H](O)C[C@H]1Cl. The Morgan fingerprint density at radius 3 is 2.72 bits per heavy atom. The van der Waals surface area contributed by atoms with Gasteiger partial charge in [0.2, 0.25) is 0 Å². The molecule has 0 radical (unpaired) electrons. The molecular weight excluding hydrogens is 409 g/mol. The zero-order valence-electron chi connectivity index (χ0n) is 15.9. The summed E-state index contributed by atoms with van der Waals surface area (Å²) in [5.74, 6) is -1.04. The number of alkyl halides is 4. The Morgan fingerprint density at radius 1 is 1.28 bits per heavy atom. The summed E-state index contributed by atoms with van der Waals surface area (Å²) in [6.07, 6.45) is 1.26. The molecule has 29 heavy (non-hydrogen) atoms. The molecular formula is C21H26ClF3O4. The van der Waals surface area contributed by atoms with Gasteiger partial charge >= 0.3 is 12.1 Å². The molecule has 4 nitrogen and oxygen atoms in total. The highest BCUT2D eigenvalue weighted by atomic mass is 35.5. The fourth-order valence-electron chi connectivity index (χ4n) is 3.58. The number of carboxylic acids is 1. The van der Waals surface area contributed by atoms with E-state index in [2.05, 4.69) is 0 Å². The molecule has 1 aromatic rings. The van der Waals surface area contributed by atoms with Crippen LogP contribution in [0, 0.1) is 11.8 Å². The number of allylic oxidation sites excluding steroid dienone is 2. The third-order valence-corrected chi connectivity index (χ3v) is 5.65. The molecule has 0 unspecified atom stereocenters. The number of aliphatic hydroxyl groups is 1.